The zero-order valence-electron chi connectivity index (χ0n) is 12.3. The van der Waals surface area contributed by atoms with Crippen molar-refractivity contribution in [2.24, 2.45) is 0 Å². The summed E-state index contributed by atoms with van der Waals surface area (Å²) in [5.74, 6) is 0. The number of fused-ring (bicyclic) bond motifs is 1. The van der Waals surface area contributed by atoms with Crippen molar-refractivity contribution in [2.45, 2.75) is 57.5 Å². The van der Waals surface area contributed by atoms with E-state index in [2.05, 4.69) is 36.2 Å². The highest BCUT2D eigenvalue weighted by Gasteiger charge is 2.17. The molecule has 1 aromatic heterocycles. The van der Waals surface area contributed by atoms with Gasteiger partial charge in [-0.3, -0.25) is 4.90 Å². The van der Waals surface area contributed by atoms with E-state index in [9.17, 15) is 0 Å². The van der Waals surface area contributed by atoms with Gasteiger partial charge in [0.05, 0.1) is 16.8 Å². The molecule has 20 heavy (non-hydrogen) atoms. The molecule has 0 radical (unpaired) electrons. The van der Waals surface area contributed by atoms with Gasteiger partial charge in [-0.15, -0.1) is 11.3 Å². The maximum atomic E-state index is 4.77. The quantitative estimate of drug-likeness (QED) is 0.803. The third kappa shape index (κ3) is 3.39. The molecule has 0 saturated heterocycles. The lowest BCUT2D eigenvalue weighted by Crippen LogP contribution is -2.31. The number of benzene rings is 1. The summed E-state index contributed by atoms with van der Waals surface area (Å²) in [5, 5.41) is 1.26. The van der Waals surface area contributed by atoms with Crippen LogP contribution in [0.5, 0.6) is 0 Å². The van der Waals surface area contributed by atoms with Crippen LogP contribution in [0.1, 0.15) is 50.0 Å². The fraction of sp³-hybridized carbons (Fsp3) is 0.588. The van der Waals surface area contributed by atoms with Crippen molar-refractivity contribution in [3.8, 4) is 0 Å². The number of aromatic nitrogens is 1. The summed E-state index contributed by atoms with van der Waals surface area (Å²) < 4.78 is 1.31. The van der Waals surface area contributed by atoms with Crippen LogP contribution in [0.25, 0.3) is 10.2 Å². The Bertz CT molecular complexity index is 508. The van der Waals surface area contributed by atoms with Crippen molar-refractivity contribution in [1.29, 1.82) is 0 Å². The number of hydrogen-bond acceptors (Lipinski definition) is 3. The van der Waals surface area contributed by atoms with Crippen LogP contribution in [0.3, 0.4) is 0 Å². The van der Waals surface area contributed by atoms with Crippen LogP contribution < -0.4 is 0 Å². The topological polar surface area (TPSA) is 16.1 Å². The van der Waals surface area contributed by atoms with Crippen LogP contribution in [0.2, 0.25) is 0 Å². The average molecular weight is 288 g/mol. The Balaban J connectivity index is 1.66. The molecule has 1 heterocycles. The van der Waals surface area contributed by atoms with Gasteiger partial charge in [-0.25, -0.2) is 4.98 Å². The normalized spacial score (nSPS) is 18.3. The first-order valence-electron chi connectivity index (χ1n) is 7.87. The van der Waals surface area contributed by atoms with Gasteiger partial charge in [-0.1, -0.05) is 44.2 Å². The summed E-state index contributed by atoms with van der Waals surface area (Å²) in [6.07, 6.45) is 9.80. The number of hydrogen-bond donors (Lipinski definition) is 0. The summed E-state index contributed by atoms with van der Waals surface area (Å²) in [6, 6.07) is 9.22. The fourth-order valence-electron chi connectivity index (χ4n) is 3.21. The predicted octanol–water partition coefficient (Wildman–Crippen LogP) is 4.84. The lowest BCUT2D eigenvalue weighted by atomic mass is 9.96. The van der Waals surface area contributed by atoms with Gasteiger partial charge in [0.2, 0.25) is 0 Å². The van der Waals surface area contributed by atoms with Crippen molar-refractivity contribution in [3.63, 3.8) is 0 Å². The standard InChI is InChI=1S/C17H24N2S/c1-19(14-9-5-3-2-4-6-10-14)13-17-18-15-11-7-8-12-16(15)20-17/h7-8,11-12,14H,2-6,9-10,13H2,1H3. The van der Waals surface area contributed by atoms with E-state index in [1.165, 1.54) is 54.7 Å². The summed E-state index contributed by atoms with van der Waals surface area (Å²) in [5.41, 5.74) is 1.15. The molecular weight excluding hydrogens is 264 g/mol. The highest BCUT2D eigenvalue weighted by molar-refractivity contribution is 7.18. The van der Waals surface area contributed by atoms with Gasteiger partial charge < -0.3 is 0 Å². The summed E-state index contributed by atoms with van der Waals surface area (Å²) in [4.78, 5) is 7.30. The molecule has 108 valence electrons. The lowest BCUT2D eigenvalue weighted by molar-refractivity contribution is 0.195. The molecule has 2 nitrogen and oxygen atoms in total. The van der Waals surface area contributed by atoms with E-state index in [1.54, 1.807) is 0 Å². The second-order valence-electron chi connectivity index (χ2n) is 5.99. The molecule has 1 aliphatic carbocycles. The molecule has 1 aliphatic rings. The highest BCUT2D eigenvalue weighted by atomic mass is 32.1. The van der Waals surface area contributed by atoms with Gasteiger partial charge in [-0.2, -0.15) is 0 Å². The number of nitrogens with zero attached hydrogens (tertiary/aromatic N) is 2. The Labute approximate surface area is 125 Å². The minimum atomic E-state index is 0.752. The second-order valence-corrected chi connectivity index (χ2v) is 7.10. The molecule has 3 rings (SSSR count). The molecular formula is C17H24N2S. The zero-order valence-corrected chi connectivity index (χ0v) is 13.2. The molecule has 3 heteroatoms. The van der Waals surface area contributed by atoms with Crippen molar-refractivity contribution in [3.05, 3.63) is 29.3 Å². The first-order valence-corrected chi connectivity index (χ1v) is 8.69. The number of rotatable bonds is 3. The molecule has 0 bridgehead atoms. The van der Waals surface area contributed by atoms with E-state index >= 15 is 0 Å². The average Bonchev–Trinajstić information content (AvgIpc) is 2.80. The summed E-state index contributed by atoms with van der Waals surface area (Å²) in [6.45, 7) is 1.00. The summed E-state index contributed by atoms with van der Waals surface area (Å²) in [7, 11) is 2.28. The zero-order chi connectivity index (χ0) is 13.8. The SMILES string of the molecule is CN(Cc1nc2ccccc2s1)C1CCCCCCC1. The predicted molar refractivity (Wildman–Crippen MR) is 87.2 cm³/mol. The maximum absolute atomic E-state index is 4.77. The minimum absolute atomic E-state index is 0.752. The van der Waals surface area contributed by atoms with E-state index < -0.39 is 0 Å². The lowest BCUT2D eigenvalue weighted by Gasteiger charge is -2.28. The fourth-order valence-corrected chi connectivity index (χ4v) is 4.24. The molecule has 0 spiro atoms. The largest absolute Gasteiger partial charge is 0.297 e. The molecule has 0 unspecified atom stereocenters. The third-order valence-electron chi connectivity index (χ3n) is 4.42. The van der Waals surface area contributed by atoms with Crippen molar-refractivity contribution < 1.29 is 0 Å². The van der Waals surface area contributed by atoms with E-state index in [4.69, 9.17) is 4.98 Å². The van der Waals surface area contributed by atoms with Crippen LogP contribution in [0.15, 0.2) is 24.3 Å². The van der Waals surface area contributed by atoms with Gasteiger partial charge in [0.1, 0.15) is 5.01 Å². The Hall–Kier alpha value is -0.930. The van der Waals surface area contributed by atoms with Crippen LogP contribution in [-0.4, -0.2) is 23.0 Å². The highest BCUT2D eigenvalue weighted by Crippen LogP contribution is 2.25. The van der Waals surface area contributed by atoms with Crippen molar-refractivity contribution in [2.75, 3.05) is 7.05 Å². The molecule has 2 aromatic rings. The van der Waals surface area contributed by atoms with E-state index in [1.807, 2.05) is 11.3 Å². The van der Waals surface area contributed by atoms with Gasteiger partial charge in [0, 0.05) is 6.04 Å². The van der Waals surface area contributed by atoms with Crippen LogP contribution in [0.4, 0.5) is 0 Å². The number of para-hydroxylation sites is 1. The first kappa shape index (κ1) is 14.0. The molecule has 1 fully saturated rings. The van der Waals surface area contributed by atoms with E-state index in [-0.39, 0.29) is 0 Å². The van der Waals surface area contributed by atoms with E-state index in [0.717, 1.165) is 18.1 Å². The molecule has 0 aliphatic heterocycles. The maximum Gasteiger partial charge on any atom is 0.108 e. The second kappa shape index (κ2) is 6.68. The van der Waals surface area contributed by atoms with Gasteiger partial charge >= 0.3 is 0 Å². The Morgan fingerprint density at radius 2 is 1.80 bits per heavy atom. The molecule has 0 N–H and O–H groups in total. The van der Waals surface area contributed by atoms with Crippen molar-refractivity contribution >= 4 is 21.6 Å². The molecule has 1 aromatic carbocycles. The van der Waals surface area contributed by atoms with Crippen LogP contribution in [-0.2, 0) is 6.54 Å². The Kier molecular flexibility index (Phi) is 4.69. The third-order valence-corrected chi connectivity index (χ3v) is 5.44. The minimum Gasteiger partial charge on any atom is -0.297 e. The van der Waals surface area contributed by atoms with Gasteiger partial charge in [-0.05, 0) is 32.0 Å². The molecule has 0 atom stereocenters. The Morgan fingerprint density at radius 3 is 2.55 bits per heavy atom. The monoisotopic (exact) mass is 288 g/mol. The molecule has 0 amide bonds. The van der Waals surface area contributed by atoms with Crippen molar-refractivity contribution in [1.82, 2.24) is 9.88 Å². The molecule has 1 saturated carbocycles. The first-order chi connectivity index (χ1) is 9.83. The van der Waals surface area contributed by atoms with Crippen LogP contribution in [0, 0.1) is 0 Å². The Morgan fingerprint density at radius 1 is 1.10 bits per heavy atom. The number of thiazole rings is 1. The van der Waals surface area contributed by atoms with Gasteiger partial charge in [0.15, 0.2) is 0 Å². The van der Waals surface area contributed by atoms with Gasteiger partial charge in [0.25, 0.3) is 0 Å². The smallest absolute Gasteiger partial charge is 0.108 e. The van der Waals surface area contributed by atoms with E-state index in [0.29, 0.717) is 0 Å². The van der Waals surface area contributed by atoms with Crippen LogP contribution >= 0.6 is 11.3 Å². The summed E-state index contributed by atoms with van der Waals surface area (Å²) >= 11 is 1.85.